The van der Waals surface area contributed by atoms with Gasteiger partial charge in [-0.3, -0.25) is 9.59 Å². The fourth-order valence-corrected chi connectivity index (χ4v) is 2.93. The molecule has 1 aromatic rings. The van der Waals surface area contributed by atoms with Crippen molar-refractivity contribution in [2.75, 3.05) is 5.32 Å². The molecule has 6 heteroatoms. The lowest BCUT2D eigenvalue weighted by atomic mass is 9.96. The predicted octanol–water partition coefficient (Wildman–Crippen LogP) is 3.03. The number of hydrogen-bond acceptors (Lipinski definition) is 4. The van der Waals surface area contributed by atoms with Crippen LogP contribution in [-0.4, -0.2) is 28.9 Å². The van der Waals surface area contributed by atoms with Gasteiger partial charge in [0.05, 0.1) is 0 Å². The van der Waals surface area contributed by atoms with Crippen LogP contribution in [0.25, 0.3) is 0 Å². The molecular formula is C19H26N2O4. The number of anilines is 1. The molecule has 0 saturated heterocycles. The maximum absolute atomic E-state index is 12.6. The Balaban J connectivity index is 2.12. The van der Waals surface area contributed by atoms with E-state index in [9.17, 15) is 14.4 Å². The summed E-state index contributed by atoms with van der Waals surface area (Å²) >= 11 is 0. The molecule has 0 atom stereocenters. The highest BCUT2D eigenvalue weighted by molar-refractivity contribution is 5.99. The molecule has 0 aromatic heterocycles. The molecule has 1 fully saturated rings. The van der Waals surface area contributed by atoms with Gasteiger partial charge in [0.2, 0.25) is 5.91 Å². The van der Waals surface area contributed by atoms with Gasteiger partial charge in [0, 0.05) is 18.2 Å². The van der Waals surface area contributed by atoms with E-state index in [-0.39, 0.29) is 17.8 Å². The summed E-state index contributed by atoms with van der Waals surface area (Å²) in [5, 5.41) is 5.54. The Morgan fingerprint density at radius 3 is 2.08 bits per heavy atom. The molecular weight excluding hydrogens is 320 g/mol. The van der Waals surface area contributed by atoms with E-state index in [1.165, 1.54) is 6.92 Å². The normalized spacial score (nSPS) is 16.2. The van der Waals surface area contributed by atoms with Gasteiger partial charge in [-0.2, -0.15) is 0 Å². The van der Waals surface area contributed by atoms with Crippen LogP contribution in [0.4, 0.5) is 5.69 Å². The Morgan fingerprint density at radius 1 is 1.04 bits per heavy atom. The Morgan fingerprint density at radius 2 is 1.60 bits per heavy atom. The van der Waals surface area contributed by atoms with Crippen LogP contribution < -0.4 is 10.6 Å². The minimum absolute atomic E-state index is 0.174. The quantitative estimate of drug-likeness (QED) is 0.821. The van der Waals surface area contributed by atoms with Crippen LogP contribution in [0.5, 0.6) is 0 Å². The molecule has 2 N–H and O–H groups in total. The minimum atomic E-state index is -0.958. The van der Waals surface area contributed by atoms with Gasteiger partial charge in [-0.15, -0.1) is 0 Å². The number of hydrogen-bond donors (Lipinski definition) is 2. The van der Waals surface area contributed by atoms with E-state index in [0.717, 1.165) is 12.8 Å². The summed E-state index contributed by atoms with van der Waals surface area (Å²) in [6.45, 7) is 6.87. The van der Waals surface area contributed by atoms with E-state index < -0.39 is 11.1 Å². The van der Waals surface area contributed by atoms with Crippen LogP contribution in [0.15, 0.2) is 24.3 Å². The van der Waals surface area contributed by atoms with Crippen molar-refractivity contribution in [3.8, 4) is 0 Å². The van der Waals surface area contributed by atoms with Crippen molar-refractivity contribution in [3.05, 3.63) is 29.8 Å². The van der Waals surface area contributed by atoms with E-state index in [1.54, 1.807) is 24.3 Å². The fraction of sp³-hybridized carbons (Fsp3) is 0.526. The first-order valence-electron chi connectivity index (χ1n) is 8.55. The third-order valence-electron chi connectivity index (χ3n) is 4.07. The molecule has 0 heterocycles. The van der Waals surface area contributed by atoms with E-state index in [1.807, 2.05) is 20.8 Å². The van der Waals surface area contributed by atoms with Crippen molar-refractivity contribution in [1.82, 2.24) is 5.32 Å². The number of rotatable bonds is 4. The van der Waals surface area contributed by atoms with Crippen LogP contribution >= 0.6 is 0 Å². The van der Waals surface area contributed by atoms with Crippen LogP contribution in [0.2, 0.25) is 0 Å². The Bertz CT molecular complexity index is 653. The van der Waals surface area contributed by atoms with Gasteiger partial charge in [-0.05, 0) is 57.9 Å². The molecule has 2 amide bonds. The lowest BCUT2D eigenvalue weighted by Gasteiger charge is -2.32. The van der Waals surface area contributed by atoms with Crippen molar-refractivity contribution >= 4 is 23.5 Å². The van der Waals surface area contributed by atoms with Gasteiger partial charge in [0.15, 0.2) is 0 Å². The number of carbonyl (C=O) groups excluding carboxylic acids is 3. The van der Waals surface area contributed by atoms with Gasteiger partial charge in [-0.25, -0.2) is 4.79 Å². The largest absolute Gasteiger partial charge is 0.458 e. The zero-order chi connectivity index (χ0) is 18.7. The first-order chi connectivity index (χ1) is 11.6. The van der Waals surface area contributed by atoms with Gasteiger partial charge in [0.1, 0.15) is 11.1 Å². The highest BCUT2D eigenvalue weighted by Gasteiger charge is 2.45. The van der Waals surface area contributed by atoms with Crippen LogP contribution in [0.1, 0.15) is 63.7 Å². The number of ether oxygens (including phenoxy) is 1. The molecule has 1 aliphatic carbocycles. The van der Waals surface area contributed by atoms with Gasteiger partial charge in [-0.1, -0.05) is 12.8 Å². The van der Waals surface area contributed by atoms with E-state index in [4.69, 9.17) is 4.74 Å². The lowest BCUT2D eigenvalue weighted by molar-refractivity contribution is -0.162. The SMILES string of the molecule is CC(=O)Nc1ccc(C(=O)NC2(C(=O)OC(C)(C)C)CCCC2)cc1. The van der Waals surface area contributed by atoms with Crippen molar-refractivity contribution in [3.63, 3.8) is 0 Å². The molecule has 25 heavy (non-hydrogen) atoms. The number of carbonyl (C=O) groups is 3. The molecule has 1 aromatic carbocycles. The van der Waals surface area contributed by atoms with Gasteiger partial charge < -0.3 is 15.4 Å². The maximum atomic E-state index is 12.6. The van der Waals surface area contributed by atoms with Gasteiger partial charge >= 0.3 is 5.97 Å². The summed E-state index contributed by atoms with van der Waals surface area (Å²) in [5.74, 6) is -0.866. The average Bonchev–Trinajstić information content (AvgIpc) is 2.95. The second kappa shape index (κ2) is 7.25. The minimum Gasteiger partial charge on any atom is -0.458 e. The maximum Gasteiger partial charge on any atom is 0.332 e. The highest BCUT2D eigenvalue weighted by atomic mass is 16.6. The van der Waals surface area contributed by atoms with E-state index in [0.29, 0.717) is 24.1 Å². The third kappa shape index (κ3) is 5.05. The molecule has 136 valence electrons. The third-order valence-corrected chi connectivity index (χ3v) is 4.07. The molecule has 0 unspecified atom stereocenters. The first-order valence-corrected chi connectivity index (χ1v) is 8.55. The topological polar surface area (TPSA) is 84.5 Å². The molecule has 6 nitrogen and oxygen atoms in total. The van der Waals surface area contributed by atoms with Crippen molar-refractivity contribution in [1.29, 1.82) is 0 Å². The Labute approximate surface area is 148 Å². The summed E-state index contributed by atoms with van der Waals surface area (Å²) < 4.78 is 5.52. The van der Waals surface area contributed by atoms with Gasteiger partial charge in [0.25, 0.3) is 5.91 Å². The summed E-state index contributed by atoms with van der Waals surface area (Å²) in [5.41, 5.74) is -0.506. The summed E-state index contributed by atoms with van der Waals surface area (Å²) in [7, 11) is 0. The molecule has 0 radical (unpaired) electrons. The van der Waals surface area contributed by atoms with Crippen LogP contribution in [0.3, 0.4) is 0 Å². The number of nitrogens with one attached hydrogen (secondary N) is 2. The van der Waals surface area contributed by atoms with Crippen molar-refractivity contribution < 1.29 is 19.1 Å². The molecule has 0 spiro atoms. The molecule has 1 saturated carbocycles. The number of esters is 1. The summed E-state index contributed by atoms with van der Waals surface area (Å²) in [6, 6.07) is 6.56. The van der Waals surface area contributed by atoms with Crippen LogP contribution in [0, 0.1) is 0 Å². The predicted molar refractivity (Wildman–Crippen MR) is 95.3 cm³/mol. The summed E-state index contributed by atoms with van der Waals surface area (Å²) in [6.07, 6.45) is 2.91. The molecule has 1 aliphatic rings. The second-order valence-electron chi connectivity index (χ2n) is 7.50. The van der Waals surface area contributed by atoms with E-state index in [2.05, 4.69) is 10.6 Å². The second-order valence-corrected chi connectivity index (χ2v) is 7.50. The lowest BCUT2D eigenvalue weighted by Crippen LogP contribution is -2.54. The monoisotopic (exact) mass is 346 g/mol. The van der Waals surface area contributed by atoms with Crippen molar-refractivity contribution in [2.45, 2.75) is 64.5 Å². The molecule has 0 bridgehead atoms. The zero-order valence-corrected chi connectivity index (χ0v) is 15.3. The smallest absolute Gasteiger partial charge is 0.332 e. The average molecular weight is 346 g/mol. The molecule has 0 aliphatic heterocycles. The molecule has 2 rings (SSSR count). The van der Waals surface area contributed by atoms with Crippen LogP contribution in [-0.2, 0) is 14.3 Å². The standard InChI is InChI=1S/C19H26N2O4/c1-13(22)20-15-9-7-14(8-10-15)16(23)21-19(11-5-6-12-19)17(24)25-18(2,3)4/h7-10H,5-6,11-12H2,1-4H3,(H,20,22)(H,21,23). The number of amides is 2. The number of benzene rings is 1. The highest BCUT2D eigenvalue weighted by Crippen LogP contribution is 2.32. The Hall–Kier alpha value is -2.37. The zero-order valence-electron chi connectivity index (χ0n) is 15.3. The van der Waals surface area contributed by atoms with E-state index >= 15 is 0 Å². The van der Waals surface area contributed by atoms with Crippen molar-refractivity contribution in [2.24, 2.45) is 0 Å². The summed E-state index contributed by atoms with van der Waals surface area (Å²) in [4.78, 5) is 36.3. The Kier molecular flexibility index (Phi) is 5.50. The fourth-order valence-electron chi connectivity index (χ4n) is 2.93. The first kappa shape index (κ1) is 19.0.